The van der Waals surface area contributed by atoms with Gasteiger partial charge in [0.2, 0.25) is 5.91 Å². The maximum Gasteiger partial charge on any atom is 0.294 e. The zero-order valence-electron chi connectivity index (χ0n) is 19.0. The van der Waals surface area contributed by atoms with Gasteiger partial charge in [0.25, 0.3) is 11.1 Å². The number of hydrogen-bond donors (Lipinski definition) is 1. The fourth-order valence-corrected chi connectivity index (χ4v) is 4.85. The largest absolute Gasteiger partial charge is 0.497 e. The molecule has 0 spiro atoms. The molecule has 36 heavy (non-hydrogen) atoms. The van der Waals surface area contributed by atoms with E-state index < -0.39 is 23.6 Å². The van der Waals surface area contributed by atoms with Gasteiger partial charge in [0.05, 0.1) is 15.6 Å². The molecule has 0 saturated carbocycles. The molecule has 0 aliphatic carbocycles. The molecule has 184 valence electrons. The summed E-state index contributed by atoms with van der Waals surface area (Å²) in [6.45, 7) is -0.178. The van der Waals surface area contributed by atoms with Crippen LogP contribution in [0.3, 0.4) is 0 Å². The monoisotopic (exact) mass is 618 g/mol. The van der Waals surface area contributed by atoms with E-state index in [1.807, 2.05) is 6.07 Å². The molecule has 0 radical (unpaired) electrons. The first kappa shape index (κ1) is 25.7. The Labute approximate surface area is 224 Å². The number of rotatable bonds is 8. The third kappa shape index (κ3) is 6.43. The van der Waals surface area contributed by atoms with Crippen molar-refractivity contribution in [2.75, 3.05) is 19.0 Å². The minimum absolute atomic E-state index is 0.213. The molecular formula is C26H20FIN2O5S. The SMILES string of the molecule is COc1ccc(NC(=O)CN2C(=O)S/C(=C/c3ccc(OCc4cccc(F)c4)c(I)c3)C2=O)cc1. The Balaban J connectivity index is 1.38. The van der Waals surface area contributed by atoms with E-state index in [0.29, 0.717) is 28.3 Å². The Morgan fingerprint density at radius 3 is 2.58 bits per heavy atom. The maximum atomic E-state index is 13.4. The first-order chi connectivity index (χ1) is 17.3. The summed E-state index contributed by atoms with van der Waals surface area (Å²) in [7, 11) is 1.54. The van der Waals surface area contributed by atoms with Gasteiger partial charge >= 0.3 is 0 Å². The van der Waals surface area contributed by atoms with E-state index >= 15 is 0 Å². The highest BCUT2D eigenvalue weighted by Gasteiger charge is 2.36. The number of carbonyl (C=O) groups excluding carboxylic acids is 3. The number of ether oxygens (including phenoxy) is 2. The molecule has 0 aromatic heterocycles. The molecule has 3 aromatic rings. The first-order valence-corrected chi connectivity index (χ1v) is 12.6. The summed E-state index contributed by atoms with van der Waals surface area (Å²) in [6.07, 6.45) is 1.60. The number of hydrogen-bond acceptors (Lipinski definition) is 6. The summed E-state index contributed by atoms with van der Waals surface area (Å²) in [5.74, 6) is -0.0899. The van der Waals surface area contributed by atoms with Crippen molar-refractivity contribution in [3.05, 3.63) is 92.1 Å². The van der Waals surface area contributed by atoms with Crippen LogP contribution in [0, 0.1) is 9.39 Å². The van der Waals surface area contributed by atoms with E-state index in [2.05, 4.69) is 27.9 Å². The van der Waals surface area contributed by atoms with Gasteiger partial charge in [-0.3, -0.25) is 19.3 Å². The Morgan fingerprint density at radius 2 is 1.89 bits per heavy atom. The van der Waals surface area contributed by atoms with E-state index in [-0.39, 0.29) is 17.3 Å². The predicted octanol–water partition coefficient (Wildman–Crippen LogP) is 5.69. The fraction of sp³-hybridized carbons (Fsp3) is 0.115. The number of methoxy groups -OCH3 is 1. The number of amides is 3. The van der Waals surface area contributed by atoms with E-state index in [9.17, 15) is 18.8 Å². The second-order valence-electron chi connectivity index (χ2n) is 7.65. The summed E-state index contributed by atoms with van der Waals surface area (Å²) in [4.78, 5) is 38.7. The Hall–Kier alpha value is -3.38. The normalized spacial score (nSPS) is 14.3. The number of imide groups is 1. The van der Waals surface area contributed by atoms with Gasteiger partial charge in [0.15, 0.2) is 0 Å². The summed E-state index contributed by atoms with van der Waals surface area (Å²) < 4.78 is 25.0. The maximum absolute atomic E-state index is 13.4. The van der Waals surface area contributed by atoms with E-state index in [1.54, 1.807) is 61.7 Å². The van der Waals surface area contributed by atoms with Gasteiger partial charge in [-0.2, -0.15) is 0 Å². The van der Waals surface area contributed by atoms with Gasteiger partial charge < -0.3 is 14.8 Å². The highest BCUT2D eigenvalue weighted by molar-refractivity contribution is 14.1. The van der Waals surface area contributed by atoms with Crippen LogP contribution in [0.15, 0.2) is 71.6 Å². The number of halogens is 2. The zero-order chi connectivity index (χ0) is 25.7. The molecule has 1 aliphatic rings. The molecule has 0 atom stereocenters. The van der Waals surface area contributed by atoms with Crippen LogP contribution in [0.4, 0.5) is 14.9 Å². The lowest BCUT2D eigenvalue weighted by Crippen LogP contribution is -2.36. The van der Waals surface area contributed by atoms with Crippen LogP contribution in [0.2, 0.25) is 0 Å². The van der Waals surface area contributed by atoms with Crippen molar-refractivity contribution in [2.45, 2.75) is 6.61 Å². The highest BCUT2D eigenvalue weighted by atomic mass is 127. The lowest BCUT2D eigenvalue weighted by Gasteiger charge is -2.12. The minimum atomic E-state index is -0.531. The summed E-state index contributed by atoms with van der Waals surface area (Å²) in [5.41, 5.74) is 1.93. The van der Waals surface area contributed by atoms with E-state index in [1.165, 1.54) is 12.1 Å². The second kappa shape index (κ2) is 11.6. The van der Waals surface area contributed by atoms with Gasteiger partial charge in [-0.15, -0.1) is 0 Å². The third-order valence-electron chi connectivity index (χ3n) is 5.09. The number of nitrogens with one attached hydrogen (secondary N) is 1. The van der Waals surface area contributed by atoms with Crippen molar-refractivity contribution in [2.24, 2.45) is 0 Å². The standard InChI is InChI=1S/C26H20FIN2O5S/c1-34-20-8-6-19(7-9-20)29-24(31)14-30-25(32)23(36-26(30)33)13-16-5-10-22(21(28)12-16)35-15-17-3-2-4-18(27)11-17/h2-13H,14-15H2,1H3,(H,29,31)/b23-13+. The highest BCUT2D eigenvalue weighted by Crippen LogP contribution is 2.33. The van der Waals surface area contributed by atoms with Gasteiger partial charge in [-0.25, -0.2) is 4.39 Å². The quantitative estimate of drug-likeness (QED) is 0.258. The van der Waals surface area contributed by atoms with Crippen LogP contribution in [-0.4, -0.2) is 35.6 Å². The Morgan fingerprint density at radius 1 is 1.11 bits per heavy atom. The topological polar surface area (TPSA) is 84.9 Å². The lowest BCUT2D eigenvalue weighted by molar-refractivity contribution is -0.127. The average molecular weight is 618 g/mol. The van der Waals surface area contributed by atoms with Crippen molar-refractivity contribution < 1.29 is 28.2 Å². The number of anilines is 1. The average Bonchev–Trinajstić information content (AvgIpc) is 3.11. The smallest absolute Gasteiger partial charge is 0.294 e. The zero-order valence-corrected chi connectivity index (χ0v) is 22.0. The lowest BCUT2D eigenvalue weighted by atomic mass is 10.2. The molecule has 1 fully saturated rings. The molecular weight excluding hydrogens is 598 g/mol. The Bertz CT molecular complexity index is 1350. The molecule has 1 N–H and O–H groups in total. The molecule has 4 rings (SSSR count). The molecule has 7 nitrogen and oxygen atoms in total. The van der Waals surface area contributed by atoms with E-state index in [4.69, 9.17) is 9.47 Å². The van der Waals surface area contributed by atoms with Gasteiger partial charge in [0.1, 0.15) is 30.5 Å². The number of carbonyl (C=O) groups is 3. The molecule has 10 heteroatoms. The number of thioether (sulfide) groups is 1. The molecule has 0 bridgehead atoms. The van der Waals surface area contributed by atoms with Crippen LogP contribution in [0.1, 0.15) is 11.1 Å². The predicted molar refractivity (Wildman–Crippen MR) is 144 cm³/mol. The van der Waals surface area contributed by atoms with Gasteiger partial charge in [-0.05, 0) is 100 Å². The van der Waals surface area contributed by atoms with Crippen molar-refractivity contribution in [3.63, 3.8) is 0 Å². The van der Waals surface area contributed by atoms with Crippen molar-refractivity contribution in [1.29, 1.82) is 0 Å². The molecule has 1 saturated heterocycles. The van der Waals surface area contributed by atoms with Crippen LogP contribution in [0.25, 0.3) is 6.08 Å². The van der Waals surface area contributed by atoms with Gasteiger partial charge in [0, 0.05) is 5.69 Å². The summed E-state index contributed by atoms with van der Waals surface area (Å²) >= 11 is 2.89. The van der Waals surface area contributed by atoms with Crippen molar-refractivity contribution in [3.8, 4) is 11.5 Å². The molecule has 3 amide bonds. The minimum Gasteiger partial charge on any atom is -0.497 e. The molecule has 1 aliphatic heterocycles. The van der Waals surface area contributed by atoms with Crippen molar-refractivity contribution in [1.82, 2.24) is 4.90 Å². The van der Waals surface area contributed by atoms with Crippen LogP contribution in [0.5, 0.6) is 11.5 Å². The summed E-state index contributed by atoms with van der Waals surface area (Å²) in [5, 5.41) is 2.15. The van der Waals surface area contributed by atoms with Crippen LogP contribution < -0.4 is 14.8 Å². The number of nitrogens with zero attached hydrogens (tertiary/aromatic N) is 1. The van der Waals surface area contributed by atoms with Crippen LogP contribution >= 0.6 is 34.4 Å². The van der Waals surface area contributed by atoms with E-state index in [0.717, 1.165) is 20.2 Å². The number of benzene rings is 3. The molecule has 0 unspecified atom stereocenters. The fourth-order valence-electron chi connectivity index (χ4n) is 3.32. The molecule has 1 heterocycles. The van der Waals surface area contributed by atoms with Crippen molar-refractivity contribution >= 4 is 63.2 Å². The first-order valence-electron chi connectivity index (χ1n) is 10.7. The van der Waals surface area contributed by atoms with Gasteiger partial charge in [-0.1, -0.05) is 18.2 Å². The Kier molecular flexibility index (Phi) is 8.26. The summed E-state index contributed by atoms with van der Waals surface area (Å²) in [6, 6.07) is 18.2. The van der Waals surface area contributed by atoms with Crippen LogP contribution in [-0.2, 0) is 16.2 Å². The molecule has 3 aromatic carbocycles. The third-order valence-corrected chi connectivity index (χ3v) is 6.84. The second-order valence-corrected chi connectivity index (χ2v) is 9.81.